The van der Waals surface area contributed by atoms with Crippen molar-refractivity contribution in [3.8, 4) is 0 Å². The fraction of sp³-hybridized carbons (Fsp3) is 0.875. The van der Waals surface area contributed by atoms with Crippen LogP contribution in [0.1, 0.15) is 328 Å². The molecule has 9 nitrogen and oxygen atoms in total. The second kappa shape index (κ2) is 60.5. The van der Waals surface area contributed by atoms with Gasteiger partial charge in [-0.2, -0.15) is 0 Å². The second-order valence-corrected chi connectivity index (χ2v) is 23.1. The Morgan fingerprint density at radius 2 is 0.703 bits per heavy atom. The largest absolute Gasteiger partial charge is 0.472 e. The summed E-state index contributed by atoms with van der Waals surface area (Å²) >= 11 is 0. The topological polar surface area (TPSA) is 134 Å². The van der Waals surface area contributed by atoms with Crippen LogP contribution in [0, 0.1) is 0 Å². The number of phosphoric ester groups is 1. The second-order valence-electron chi connectivity index (χ2n) is 21.6. The Balaban J connectivity index is 3.74. The molecule has 0 aliphatic carbocycles. The zero-order chi connectivity index (χ0) is 53.8. The lowest BCUT2D eigenvalue weighted by Crippen LogP contribution is -2.29. The van der Waals surface area contributed by atoms with Crippen molar-refractivity contribution in [2.75, 3.05) is 26.4 Å². The molecule has 0 spiro atoms. The van der Waals surface area contributed by atoms with E-state index in [1.807, 2.05) is 0 Å². The van der Waals surface area contributed by atoms with Gasteiger partial charge < -0.3 is 20.1 Å². The van der Waals surface area contributed by atoms with E-state index < -0.39 is 26.5 Å². The van der Waals surface area contributed by atoms with Crippen LogP contribution >= 0.6 is 7.82 Å². The first-order chi connectivity index (χ1) is 36.3. The van der Waals surface area contributed by atoms with E-state index in [0.29, 0.717) is 6.42 Å². The van der Waals surface area contributed by atoms with Crippen LogP contribution in [0.4, 0.5) is 0 Å². The highest BCUT2D eigenvalue weighted by molar-refractivity contribution is 7.47. The summed E-state index contributed by atoms with van der Waals surface area (Å²) in [6.45, 7) is 3.78. The highest BCUT2D eigenvalue weighted by Crippen LogP contribution is 2.43. The first-order valence-corrected chi connectivity index (χ1v) is 33.5. The van der Waals surface area contributed by atoms with E-state index in [-0.39, 0.29) is 38.6 Å². The fourth-order valence-electron chi connectivity index (χ4n) is 9.53. The van der Waals surface area contributed by atoms with Crippen molar-refractivity contribution in [2.45, 2.75) is 335 Å². The fourth-order valence-corrected chi connectivity index (χ4v) is 10.3. The minimum Gasteiger partial charge on any atom is -0.462 e. The normalized spacial score (nSPS) is 13.2. The van der Waals surface area contributed by atoms with Gasteiger partial charge in [0.15, 0.2) is 6.10 Å². The standard InChI is InChI=1S/C64H122NO8P/c1-3-5-7-9-11-13-15-17-19-20-21-22-23-24-25-26-27-28-29-30-31-32-33-34-35-36-37-38-39-40-41-42-43-45-47-49-51-53-55-57-64(67)73-62(61-72-74(68,69)71-59-58-65)60-70-63(66)56-54-52-50-48-46-44-18-16-14-12-10-8-6-4-2/h15,17,20-21,23-24,62H,3-14,16,18-19,22,25-61,65H2,1-2H3,(H,68,69)/b17-15-,21-20-,24-23-. The van der Waals surface area contributed by atoms with E-state index in [2.05, 4.69) is 50.3 Å². The van der Waals surface area contributed by atoms with Gasteiger partial charge in [-0.3, -0.25) is 18.6 Å². The van der Waals surface area contributed by atoms with Gasteiger partial charge in [-0.05, 0) is 51.4 Å². The number of hydrogen-bond acceptors (Lipinski definition) is 8. The van der Waals surface area contributed by atoms with Crippen LogP contribution in [0.25, 0.3) is 0 Å². The molecule has 0 aliphatic heterocycles. The van der Waals surface area contributed by atoms with E-state index in [9.17, 15) is 19.0 Å². The van der Waals surface area contributed by atoms with Gasteiger partial charge in [0.25, 0.3) is 0 Å². The van der Waals surface area contributed by atoms with Gasteiger partial charge in [0.05, 0.1) is 13.2 Å². The number of carbonyl (C=O) groups excluding carboxylic acids is 2. The zero-order valence-corrected chi connectivity index (χ0v) is 49.7. The Morgan fingerprint density at radius 1 is 0.405 bits per heavy atom. The molecule has 2 unspecified atom stereocenters. The molecule has 0 amide bonds. The van der Waals surface area contributed by atoms with Crippen molar-refractivity contribution in [1.29, 1.82) is 0 Å². The van der Waals surface area contributed by atoms with Crippen molar-refractivity contribution in [3.05, 3.63) is 36.5 Å². The molecule has 2 atom stereocenters. The third-order valence-electron chi connectivity index (χ3n) is 14.3. The smallest absolute Gasteiger partial charge is 0.462 e. The molecule has 436 valence electrons. The van der Waals surface area contributed by atoms with Crippen LogP contribution in [-0.2, 0) is 32.7 Å². The molecule has 0 saturated heterocycles. The van der Waals surface area contributed by atoms with E-state index in [0.717, 1.165) is 44.9 Å². The van der Waals surface area contributed by atoms with E-state index in [4.69, 9.17) is 24.3 Å². The lowest BCUT2D eigenvalue weighted by atomic mass is 10.0. The number of hydrogen-bond donors (Lipinski definition) is 2. The molecule has 0 aliphatic rings. The summed E-state index contributed by atoms with van der Waals surface area (Å²) in [5.41, 5.74) is 5.38. The third kappa shape index (κ3) is 59.5. The van der Waals surface area contributed by atoms with Gasteiger partial charge in [0.1, 0.15) is 6.61 Å². The molecule has 0 fully saturated rings. The lowest BCUT2D eigenvalue weighted by Gasteiger charge is -2.19. The minimum atomic E-state index is -4.38. The average Bonchev–Trinajstić information content (AvgIpc) is 3.39. The Labute approximate surface area is 458 Å². The maximum Gasteiger partial charge on any atom is 0.472 e. The molecule has 10 heteroatoms. The predicted octanol–water partition coefficient (Wildman–Crippen LogP) is 20.4. The number of unbranched alkanes of at least 4 members (excludes halogenated alkanes) is 42. The van der Waals surface area contributed by atoms with Crippen LogP contribution in [0.2, 0.25) is 0 Å². The molecule has 3 N–H and O–H groups in total. The summed E-state index contributed by atoms with van der Waals surface area (Å²) in [5, 5.41) is 0. The van der Waals surface area contributed by atoms with Crippen LogP contribution < -0.4 is 5.73 Å². The van der Waals surface area contributed by atoms with Gasteiger partial charge in [0, 0.05) is 19.4 Å². The van der Waals surface area contributed by atoms with Crippen molar-refractivity contribution >= 4 is 19.8 Å². The summed E-state index contributed by atoms with van der Waals surface area (Å²) in [5.74, 6) is -0.809. The maximum absolute atomic E-state index is 12.7. The molecule has 0 radical (unpaired) electrons. The number of phosphoric acid groups is 1. The number of rotatable bonds is 61. The molecule has 0 heterocycles. The first kappa shape index (κ1) is 72.2. The highest BCUT2D eigenvalue weighted by Gasteiger charge is 2.26. The van der Waals surface area contributed by atoms with Crippen LogP contribution in [-0.4, -0.2) is 49.3 Å². The number of ether oxygens (including phenoxy) is 2. The first-order valence-electron chi connectivity index (χ1n) is 32.0. The molecule has 0 bridgehead atoms. The number of carbonyl (C=O) groups is 2. The Bertz CT molecular complexity index is 1310. The van der Waals surface area contributed by atoms with Gasteiger partial charge >= 0.3 is 19.8 Å². The van der Waals surface area contributed by atoms with E-state index in [1.165, 1.54) is 250 Å². The van der Waals surface area contributed by atoms with Gasteiger partial charge in [-0.1, -0.05) is 301 Å². The summed E-state index contributed by atoms with van der Waals surface area (Å²) in [6.07, 6.45) is 73.8. The number of allylic oxidation sites excluding steroid dienone is 6. The van der Waals surface area contributed by atoms with Gasteiger partial charge in [0.2, 0.25) is 0 Å². The van der Waals surface area contributed by atoms with Crippen molar-refractivity contribution in [2.24, 2.45) is 5.73 Å². The SMILES string of the molecule is CCCCCCC/C=C\C/C=C\C/C=C\CCCCCCCCCCCCCCCCCCCCCCCCCCC(=O)OC(COC(=O)CCCCCCCCCCCCCCCC)COP(=O)(O)OCCN. The molecular formula is C64H122NO8P. The quantitative estimate of drug-likeness (QED) is 0.0264. The Hall–Kier alpha value is -1.77. The van der Waals surface area contributed by atoms with Crippen LogP contribution in [0.15, 0.2) is 36.5 Å². The van der Waals surface area contributed by atoms with Crippen molar-refractivity contribution in [1.82, 2.24) is 0 Å². The minimum absolute atomic E-state index is 0.0566. The summed E-state index contributed by atoms with van der Waals surface area (Å²) < 4.78 is 33.0. The van der Waals surface area contributed by atoms with Gasteiger partial charge in [-0.25, -0.2) is 4.57 Å². The highest BCUT2D eigenvalue weighted by atomic mass is 31.2. The summed E-state index contributed by atoms with van der Waals surface area (Å²) in [6, 6.07) is 0. The molecule has 0 aromatic heterocycles. The molecular weight excluding hydrogens is 942 g/mol. The summed E-state index contributed by atoms with van der Waals surface area (Å²) in [4.78, 5) is 35.1. The van der Waals surface area contributed by atoms with Crippen LogP contribution in [0.3, 0.4) is 0 Å². The van der Waals surface area contributed by atoms with Gasteiger partial charge in [-0.15, -0.1) is 0 Å². The Kier molecular flexibility index (Phi) is 59.0. The third-order valence-corrected chi connectivity index (χ3v) is 15.3. The maximum atomic E-state index is 12.7. The van der Waals surface area contributed by atoms with Crippen molar-refractivity contribution in [3.63, 3.8) is 0 Å². The van der Waals surface area contributed by atoms with E-state index >= 15 is 0 Å². The number of nitrogens with two attached hydrogens (primary N) is 1. The monoisotopic (exact) mass is 1060 g/mol. The van der Waals surface area contributed by atoms with Crippen molar-refractivity contribution < 1.29 is 37.6 Å². The zero-order valence-electron chi connectivity index (χ0n) is 48.8. The lowest BCUT2D eigenvalue weighted by molar-refractivity contribution is -0.161. The average molecular weight is 1060 g/mol. The summed E-state index contributed by atoms with van der Waals surface area (Å²) in [7, 11) is -4.38. The predicted molar refractivity (Wildman–Crippen MR) is 317 cm³/mol. The molecule has 0 rings (SSSR count). The molecule has 0 aromatic carbocycles. The van der Waals surface area contributed by atoms with Crippen LogP contribution in [0.5, 0.6) is 0 Å². The number of esters is 2. The Morgan fingerprint density at radius 3 is 1.04 bits per heavy atom. The molecule has 0 aromatic rings. The van der Waals surface area contributed by atoms with E-state index in [1.54, 1.807) is 0 Å². The molecule has 0 saturated carbocycles. The molecule has 74 heavy (non-hydrogen) atoms.